The van der Waals surface area contributed by atoms with E-state index in [1.807, 2.05) is 17.1 Å². The summed E-state index contributed by atoms with van der Waals surface area (Å²) in [4.78, 5) is 66.9. The molecule has 0 spiro atoms. The van der Waals surface area contributed by atoms with Crippen LogP contribution in [0.1, 0.15) is 27.6 Å². The zero-order valence-electron chi connectivity index (χ0n) is 16.9. The first kappa shape index (κ1) is 22.0. The third-order valence-corrected chi connectivity index (χ3v) is 5.08. The van der Waals surface area contributed by atoms with Crippen molar-refractivity contribution < 1.29 is 19.5 Å². The molecule has 0 bridgehead atoms. The van der Waals surface area contributed by atoms with Crippen LogP contribution in [-0.4, -0.2) is 76.4 Å². The third-order valence-electron chi connectivity index (χ3n) is 5.08. The van der Waals surface area contributed by atoms with Crippen LogP contribution >= 0.6 is 0 Å². The Morgan fingerprint density at radius 3 is 2.29 bits per heavy atom. The largest absolute Gasteiger partial charge is 0.394 e. The van der Waals surface area contributed by atoms with Crippen molar-refractivity contribution in [3.63, 3.8) is 0 Å². The molecule has 0 aliphatic carbocycles. The highest BCUT2D eigenvalue weighted by molar-refractivity contribution is 5.97. The molecule has 0 saturated carbocycles. The SMILES string of the molecule is CC(=O)c1ccc(N2CCN(C(=O)C(CO)NC(=O)c3c[nH]c(=O)[nH]c3=O)CC2)cc1. The summed E-state index contributed by atoms with van der Waals surface area (Å²) in [5.41, 5.74) is -0.466. The zero-order chi connectivity index (χ0) is 22.5. The van der Waals surface area contributed by atoms with Crippen molar-refractivity contribution in [3.8, 4) is 0 Å². The smallest absolute Gasteiger partial charge is 0.325 e. The van der Waals surface area contributed by atoms with Crippen LogP contribution in [0, 0.1) is 0 Å². The standard InChI is InChI=1S/C20H23N5O6/c1-12(27)13-2-4-14(5-3-13)24-6-8-25(9-7-24)19(30)16(11-26)22-17(28)15-10-21-20(31)23-18(15)29/h2-5,10,16,26H,6-9,11H2,1H3,(H,22,28)(H2,21,23,29,31). The van der Waals surface area contributed by atoms with E-state index in [4.69, 9.17) is 0 Å². The Morgan fingerprint density at radius 2 is 1.74 bits per heavy atom. The lowest BCUT2D eigenvalue weighted by atomic mass is 10.1. The van der Waals surface area contributed by atoms with Crippen molar-refractivity contribution in [1.29, 1.82) is 0 Å². The number of rotatable bonds is 6. The predicted octanol–water partition coefficient (Wildman–Crippen LogP) is -1.29. The maximum Gasteiger partial charge on any atom is 0.325 e. The van der Waals surface area contributed by atoms with Gasteiger partial charge in [-0.2, -0.15) is 0 Å². The molecule has 11 heteroatoms. The summed E-state index contributed by atoms with van der Waals surface area (Å²) in [7, 11) is 0. The number of hydrogen-bond donors (Lipinski definition) is 4. The second-order valence-electron chi connectivity index (χ2n) is 7.11. The van der Waals surface area contributed by atoms with Crippen LogP contribution in [0.2, 0.25) is 0 Å². The number of aliphatic hydroxyl groups is 1. The molecule has 1 unspecified atom stereocenters. The molecule has 2 amide bonds. The van der Waals surface area contributed by atoms with E-state index in [9.17, 15) is 29.1 Å². The molecule has 1 fully saturated rings. The van der Waals surface area contributed by atoms with Crippen molar-refractivity contribution >= 4 is 23.3 Å². The lowest BCUT2D eigenvalue weighted by Gasteiger charge is -2.37. The first-order valence-electron chi connectivity index (χ1n) is 9.68. The molecular formula is C20H23N5O6. The molecule has 1 aliphatic heterocycles. The van der Waals surface area contributed by atoms with Crippen LogP contribution in [0.25, 0.3) is 0 Å². The second-order valence-corrected chi connectivity index (χ2v) is 7.11. The van der Waals surface area contributed by atoms with E-state index in [1.165, 1.54) is 11.8 Å². The van der Waals surface area contributed by atoms with Gasteiger partial charge in [0.2, 0.25) is 5.91 Å². The van der Waals surface area contributed by atoms with Crippen molar-refractivity contribution in [1.82, 2.24) is 20.2 Å². The number of aliphatic hydroxyl groups excluding tert-OH is 1. The van der Waals surface area contributed by atoms with Gasteiger partial charge < -0.3 is 25.2 Å². The molecule has 0 radical (unpaired) electrons. The van der Waals surface area contributed by atoms with Gasteiger partial charge in [0, 0.05) is 43.6 Å². The lowest BCUT2D eigenvalue weighted by molar-refractivity contribution is -0.134. The molecular weight excluding hydrogens is 406 g/mol. The van der Waals surface area contributed by atoms with E-state index < -0.39 is 35.7 Å². The average Bonchev–Trinajstić information content (AvgIpc) is 2.77. The molecule has 1 aromatic carbocycles. The van der Waals surface area contributed by atoms with Crippen LogP contribution in [0.15, 0.2) is 40.1 Å². The number of carbonyl (C=O) groups excluding carboxylic acids is 3. The van der Waals surface area contributed by atoms with E-state index in [1.54, 1.807) is 12.1 Å². The molecule has 1 aromatic heterocycles. The first-order chi connectivity index (χ1) is 14.8. The number of ketones is 1. The number of carbonyl (C=O) groups is 3. The normalized spacial score (nSPS) is 14.8. The Morgan fingerprint density at radius 1 is 1.10 bits per heavy atom. The Bertz CT molecular complexity index is 1080. The molecule has 3 rings (SSSR count). The molecule has 1 atom stereocenters. The number of H-pyrrole nitrogens is 2. The molecule has 2 heterocycles. The molecule has 11 nitrogen and oxygen atoms in total. The Kier molecular flexibility index (Phi) is 6.65. The van der Waals surface area contributed by atoms with Crippen LogP contribution in [0.4, 0.5) is 5.69 Å². The Labute approximate surface area is 176 Å². The zero-order valence-corrected chi connectivity index (χ0v) is 16.9. The van der Waals surface area contributed by atoms with Crippen LogP contribution < -0.4 is 21.5 Å². The van der Waals surface area contributed by atoms with E-state index in [-0.39, 0.29) is 11.3 Å². The minimum absolute atomic E-state index is 0.0112. The molecule has 1 aliphatic rings. The third kappa shape index (κ3) is 5.07. The topological polar surface area (TPSA) is 156 Å². The van der Waals surface area contributed by atoms with E-state index in [0.29, 0.717) is 31.7 Å². The number of aromatic nitrogens is 2. The monoisotopic (exact) mass is 429 g/mol. The summed E-state index contributed by atoms with van der Waals surface area (Å²) in [6.07, 6.45) is 0.950. The fourth-order valence-electron chi connectivity index (χ4n) is 3.31. The summed E-state index contributed by atoms with van der Waals surface area (Å²) < 4.78 is 0. The van der Waals surface area contributed by atoms with Crippen LogP contribution in [0.5, 0.6) is 0 Å². The van der Waals surface area contributed by atoms with Crippen molar-refractivity contribution in [3.05, 3.63) is 62.4 Å². The minimum Gasteiger partial charge on any atom is -0.394 e. The highest BCUT2D eigenvalue weighted by atomic mass is 16.3. The highest BCUT2D eigenvalue weighted by Gasteiger charge is 2.29. The maximum absolute atomic E-state index is 12.7. The molecule has 4 N–H and O–H groups in total. The minimum atomic E-state index is -1.22. The van der Waals surface area contributed by atoms with Gasteiger partial charge in [0.1, 0.15) is 11.6 Å². The average molecular weight is 429 g/mol. The quantitative estimate of drug-likeness (QED) is 0.416. The highest BCUT2D eigenvalue weighted by Crippen LogP contribution is 2.18. The summed E-state index contributed by atoms with van der Waals surface area (Å²) >= 11 is 0. The summed E-state index contributed by atoms with van der Waals surface area (Å²) in [6, 6.07) is 6.00. The second kappa shape index (κ2) is 9.39. The van der Waals surface area contributed by atoms with Gasteiger partial charge in [-0.05, 0) is 31.2 Å². The van der Waals surface area contributed by atoms with Gasteiger partial charge >= 0.3 is 5.69 Å². The number of benzene rings is 1. The summed E-state index contributed by atoms with van der Waals surface area (Å²) in [6.45, 7) is 2.69. The van der Waals surface area contributed by atoms with Crippen molar-refractivity contribution in [2.45, 2.75) is 13.0 Å². The van der Waals surface area contributed by atoms with Crippen molar-refractivity contribution in [2.75, 3.05) is 37.7 Å². The Hall–Kier alpha value is -3.73. The number of nitrogens with one attached hydrogen (secondary N) is 3. The molecule has 2 aromatic rings. The number of Topliss-reactive ketones (excluding diaryl/α,β-unsaturated/α-hetero) is 1. The summed E-state index contributed by atoms with van der Waals surface area (Å²) in [5.74, 6) is -1.36. The number of hydrogen-bond acceptors (Lipinski definition) is 7. The summed E-state index contributed by atoms with van der Waals surface area (Å²) in [5, 5.41) is 11.9. The predicted molar refractivity (Wildman–Crippen MR) is 111 cm³/mol. The number of anilines is 1. The van der Waals surface area contributed by atoms with Gasteiger partial charge in [-0.3, -0.25) is 24.2 Å². The van der Waals surface area contributed by atoms with Crippen molar-refractivity contribution in [2.24, 2.45) is 0 Å². The maximum atomic E-state index is 12.7. The van der Waals surface area contributed by atoms with Crippen LogP contribution in [0.3, 0.4) is 0 Å². The van der Waals surface area contributed by atoms with Crippen LogP contribution in [-0.2, 0) is 4.79 Å². The van der Waals surface area contributed by atoms with Gasteiger partial charge in [-0.1, -0.05) is 0 Å². The lowest BCUT2D eigenvalue weighted by Crippen LogP contribution is -2.56. The van der Waals surface area contributed by atoms with E-state index in [0.717, 1.165) is 11.9 Å². The first-order valence-corrected chi connectivity index (χ1v) is 9.68. The number of piperazine rings is 1. The van der Waals surface area contributed by atoms with E-state index >= 15 is 0 Å². The van der Waals surface area contributed by atoms with E-state index in [2.05, 4.69) is 15.2 Å². The number of amides is 2. The van der Waals surface area contributed by atoms with Gasteiger partial charge in [-0.15, -0.1) is 0 Å². The van der Waals surface area contributed by atoms with Gasteiger partial charge in [0.15, 0.2) is 5.78 Å². The molecule has 164 valence electrons. The fourth-order valence-corrected chi connectivity index (χ4v) is 3.31. The number of aromatic amines is 2. The fraction of sp³-hybridized carbons (Fsp3) is 0.350. The van der Waals surface area contributed by atoms with Gasteiger partial charge in [-0.25, -0.2) is 4.79 Å². The molecule has 1 saturated heterocycles. The molecule has 31 heavy (non-hydrogen) atoms. The number of nitrogens with zero attached hydrogens (tertiary/aromatic N) is 2. The Balaban J connectivity index is 1.60. The van der Waals surface area contributed by atoms with Gasteiger partial charge in [0.25, 0.3) is 11.5 Å². The van der Waals surface area contributed by atoms with Gasteiger partial charge in [0.05, 0.1) is 6.61 Å².